The molecule has 3 nitrogen and oxygen atoms in total. The second kappa shape index (κ2) is 5.86. The first-order valence-electron chi connectivity index (χ1n) is 4.86. The number of hydrogen-bond donors (Lipinski definition) is 2. The summed E-state index contributed by atoms with van der Waals surface area (Å²) in [5, 5.41) is 17.8. The summed E-state index contributed by atoms with van der Waals surface area (Å²) in [4.78, 5) is 10.2. The van der Waals surface area contributed by atoms with Crippen LogP contribution in [0.1, 0.15) is 24.8 Å². The van der Waals surface area contributed by atoms with Crippen molar-refractivity contribution in [2.75, 3.05) is 0 Å². The summed E-state index contributed by atoms with van der Waals surface area (Å²) in [5.74, 6) is -0.530. The van der Waals surface area contributed by atoms with Crippen LogP contribution in [0.3, 0.4) is 0 Å². The van der Waals surface area contributed by atoms with E-state index < -0.39 is 5.97 Å². The number of phenolic OH excluding ortho intramolecular Hbond substituents is 1. The monoisotopic (exact) mass is 206 g/mol. The van der Waals surface area contributed by atoms with Crippen LogP contribution < -0.4 is 0 Å². The Morgan fingerprint density at radius 3 is 2.73 bits per heavy atom. The minimum Gasteiger partial charge on any atom is -0.507 e. The van der Waals surface area contributed by atoms with Gasteiger partial charge in [-0.15, -0.1) is 0 Å². The van der Waals surface area contributed by atoms with Gasteiger partial charge in [0.25, 0.3) is 0 Å². The van der Waals surface area contributed by atoms with Crippen LogP contribution in [0.2, 0.25) is 0 Å². The zero-order valence-corrected chi connectivity index (χ0v) is 8.39. The topological polar surface area (TPSA) is 57.5 Å². The van der Waals surface area contributed by atoms with Gasteiger partial charge >= 0.3 is 5.97 Å². The summed E-state index contributed by atoms with van der Waals surface area (Å²) in [5.41, 5.74) is 0.757. The van der Waals surface area contributed by atoms with Crippen molar-refractivity contribution in [1.29, 1.82) is 0 Å². The number of carboxylic acids is 1. The average Bonchev–Trinajstić information content (AvgIpc) is 2.20. The fourth-order valence-electron chi connectivity index (χ4n) is 1.21. The van der Waals surface area contributed by atoms with E-state index in [1.54, 1.807) is 18.2 Å². The first-order chi connectivity index (χ1) is 7.20. The van der Waals surface area contributed by atoms with E-state index in [2.05, 4.69) is 0 Å². The maximum atomic E-state index is 10.2. The Morgan fingerprint density at radius 1 is 1.33 bits per heavy atom. The summed E-state index contributed by atoms with van der Waals surface area (Å²) in [7, 11) is 0. The number of carboxylic acid groups (broad SMARTS) is 1. The molecule has 3 heteroatoms. The molecule has 1 aromatic carbocycles. The van der Waals surface area contributed by atoms with Gasteiger partial charge in [0.1, 0.15) is 5.75 Å². The number of para-hydroxylation sites is 1. The summed E-state index contributed by atoms with van der Waals surface area (Å²) in [6.07, 6.45) is 5.19. The fraction of sp³-hybridized carbons (Fsp3) is 0.250. The molecule has 0 aliphatic rings. The maximum Gasteiger partial charge on any atom is 0.303 e. The predicted molar refractivity (Wildman–Crippen MR) is 58.6 cm³/mol. The van der Waals surface area contributed by atoms with Crippen LogP contribution in [-0.4, -0.2) is 16.2 Å². The molecular formula is C12H14O3. The molecule has 0 heterocycles. The van der Waals surface area contributed by atoms with E-state index >= 15 is 0 Å². The van der Waals surface area contributed by atoms with Gasteiger partial charge in [0.05, 0.1) is 0 Å². The number of aliphatic carboxylic acids is 1. The molecule has 0 amide bonds. The molecule has 0 unspecified atom stereocenters. The van der Waals surface area contributed by atoms with Gasteiger partial charge in [-0.1, -0.05) is 30.4 Å². The molecule has 0 aliphatic heterocycles. The van der Waals surface area contributed by atoms with Crippen molar-refractivity contribution in [1.82, 2.24) is 0 Å². The van der Waals surface area contributed by atoms with Crippen LogP contribution in [0.4, 0.5) is 0 Å². The zero-order valence-electron chi connectivity index (χ0n) is 8.39. The molecule has 0 aliphatic carbocycles. The Kier molecular flexibility index (Phi) is 4.41. The second-order valence-electron chi connectivity index (χ2n) is 3.25. The number of carbonyl (C=O) groups is 1. The van der Waals surface area contributed by atoms with Crippen LogP contribution in [0.5, 0.6) is 5.75 Å². The Morgan fingerprint density at radius 2 is 2.07 bits per heavy atom. The molecule has 0 radical (unpaired) electrons. The highest BCUT2D eigenvalue weighted by atomic mass is 16.4. The fourth-order valence-corrected chi connectivity index (χ4v) is 1.21. The molecule has 0 bridgehead atoms. The predicted octanol–water partition coefficient (Wildman–Crippen LogP) is 2.66. The third-order valence-corrected chi connectivity index (χ3v) is 2.00. The molecule has 1 aromatic rings. The smallest absolute Gasteiger partial charge is 0.303 e. The highest BCUT2D eigenvalue weighted by molar-refractivity contribution is 5.66. The standard InChI is InChI=1S/C12H14O3/c13-11-8-5-4-7-10(11)6-2-1-3-9-12(14)15/h2,4-8,13H,1,3,9H2,(H,14,15). The van der Waals surface area contributed by atoms with Crippen molar-refractivity contribution >= 4 is 12.0 Å². The highest BCUT2D eigenvalue weighted by Gasteiger charge is 1.95. The number of unbranched alkanes of at least 4 members (excludes halogenated alkanes) is 1. The lowest BCUT2D eigenvalue weighted by atomic mass is 10.1. The van der Waals surface area contributed by atoms with E-state index in [-0.39, 0.29) is 12.2 Å². The van der Waals surface area contributed by atoms with Crippen molar-refractivity contribution in [2.45, 2.75) is 19.3 Å². The third kappa shape index (κ3) is 4.31. The molecular weight excluding hydrogens is 192 g/mol. The van der Waals surface area contributed by atoms with Gasteiger partial charge < -0.3 is 10.2 Å². The van der Waals surface area contributed by atoms with E-state index in [1.165, 1.54) is 0 Å². The Labute approximate surface area is 88.7 Å². The van der Waals surface area contributed by atoms with Crippen molar-refractivity contribution in [2.24, 2.45) is 0 Å². The largest absolute Gasteiger partial charge is 0.507 e. The molecule has 0 atom stereocenters. The molecule has 0 saturated carbocycles. The molecule has 1 rings (SSSR count). The van der Waals surface area contributed by atoms with E-state index in [1.807, 2.05) is 18.2 Å². The van der Waals surface area contributed by atoms with E-state index in [0.29, 0.717) is 12.8 Å². The van der Waals surface area contributed by atoms with Crippen molar-refractivity contribution in [3.05, 3.63) is 35.9 Å². The number of phenols is 1. The minimum absolute atomic E-state index is 0.186. The average molecular weight is 206 g/mol. The van der Waals surface area contributed by atoms with Gasteiger partial charge in [-0.2, -0.15) is 0 Å². The Bertz CT molecular complexity index is 356. The molecule has 0 fully saturated rings. The quantitative estimate of drug-likeness (QED) is 0.728. The van der Waals surface area contributed by atoms with Gasteiger partial charge in [0.2, 0.25) is 0 Å². The van der Waals surface area contributed by atoms with Crippen LogP contribution in [0.25, 0.3) is 6.08 Å². The molecule has 80 valence electrons. The zero-order chi connectivity index (χ0) is 11.1. The molecule has 2 N–H and O–H groups in total. The van der Waals surface area contributed by atoms with Gasteiger partial charge in [-0.05, 0) is 18.9 Å². The molecule has 0 saturated heterocycles. The molecule has 0 aromatic heterocycles. The van der Waals surface area contributed by atoms with Crippen molar-refractivity contribution in [3.63, 3.8) is 0 Å². The van der Waals surface area contributed by atoms with Crippen LogP contribution >= 0.6 is 0 Å². The Hall–Kier alpha value is -1.77. The number of hydrogen-bond acceptors (Lipinski definition) is 2. The maximum absolute atomic E-state index is 10.2. The van der Waals surface area contributed by atoms with E-state index in [4.69, 9.17) is 5.11 Å². The molecule has 0 spiro atoms. The van der Waals surface area contributed by atoms with Crippen LogP contribution in [0.15, 0.2) is 30.3 Å². The number of allylic oxidation sites excluding steroid dienone is 1. The third-order valence-electron chi connectivity index (χ3n) is 2.00. The van der Waals surface area contributed by atoms with Gasteiger partial charge in [-0.3, -0.25) is 4.79 Å². The summed E-state index contributed by atoms with van der Waals surface area (Å²) < 4.78 is 0. The summed E-state index contributed by atoms with van der Waals surface area (Å²) >= 11 is 0. The summed E-state index contributed by atoms with van der Waals surface area (Å²) in [6.45, 7) is 0. The Balaban J connectivity index is 2.38. The van der Waals surface area contributed by atoms with Crippen LogP contribution in [-0.2, 0) is 4.79 Å². The lowest BCUT2D eigenvalue weighted by molar-refractivity contribution is -0.137. The number of rotatable bonds is 5. The van der Waals surface area contributed by atoms with Gasteiger partial charge in [-0.25, -0.2) is 0 Å². The van der Waals surface area contributed by atoms with Crippen molar-refractivity contribution in [3.8, 4) is 5.75 Å². The minimum atomic E-state index is -0.772. The van der Waals surface area contributed by atoms with Gasteiger partial charge in [0, 0.05) is 12.0 Å². The SMILES string of the molecule is O=C(O)CCCC=Cc1ccccc1O. The lowest BCUT2D eigenvalue weighted by Gasteiger charge is -1.96. The first kappa shape index (κ1) is 11.3. The second-order valence-corrected chi connectivity index (χ2v) is 3.25. The highest BCUT2D eigenvalue weighted by Crippen LogP contribution is 2.17. The normalized spacial score (nSPS) is 10.7. The lowest BCUT2D eigenvalue weighted by Crippen LogP contribution is -1.92. The molecule has 15 heavy (non-hydrogen) atoms. The number of aromatic hydroxyl groups is 1. The summed E-state index contributed by atoms with van der Waals surface area (Å²) in [6, 6.07) is 7.04. The van der Waals surface area contributed by atoms with E-state index in [0.717, 1.165) is 5.56 Å². The number of benzene rings is 1. The van der Waals surface area contributed by atoms with E-state index in [9.17, 15) is 9.90 Å². The van der Waals surface area contributed by atoms with Crippen molar-refractivity contribution < 1.29 is 15.0 Å². The van der Waals surface area contributed by atoms with Gasteiger partial charge in [0.15, 0.2) is 0 Å². The first-order valence-corrected chi connectivity index (χ1v) is 4.86. The van der Waals surface area contributed by atoms with Crippen LogP contribution in [0, 0.1) is 0 Å².